The van der Waals surface area contributed by atoms with Crippen molar-refractivity contribution in [1.29, 1.82) is 0 Å². The highest BCUT2D eigenvalue weighted by Crippen LogP contribution is 2.37. The molecule has 2 N–H and O–H groups in total. The van der Waals surface area contributed by atoms with E-state index in [1.165, 1.54) is 0 Å². The third-order valence-electron chi connectivity index (χ3n) is 3.46. The summed E-state index contributed by atoms with van der Waals surface area (Å²) in [6, 6.07) is 7.65. The predicted octanol–water partition coefficient (Wildman–Crippen LogP) is 0.860. The van der Waals surface area contributed by atoms with Gasteiger partial charge in [-0.1, -0.05) is 25.1 Å². The van der Waals surface area contributed by atoms with Crippen molar-refractivity contribution in [2.45, 2.75) is 31.0 Å². The summed E-state index contributed by atoms with van der Waals surface area (Å²) in [5.74, 6) is 1.24. The molecule has 21 heavy (non-hydrogen) atoms. The number of nitrogens with zero attached hydrogens (tertiary/aromatic N) is 3. The highest BCUT2D eigenvalue weighted by atomic mass is 32.2. The maximum atomic E-state index is 11.6. The van der Waals surface area contributed by atoms with E-state index < -0.39 is 10.0 Å². The van der Waals surface area contributed by atoms with Gasteiger partial charge >= 0.3 is 0 Å². The van der Waals surface area contributed by atoms with Gasteiger partial charge in [-0.05, 0) is 12.5 Å². The second kappa shape index (κ2) is 5.12. The fraction of sp³-hybridized carbons (Fsp3) is 0.385. The highest BCUT2D eigenvalue weighted by Gasteiger charge is 2.32. The van der Waals surface area contributed by atoms with Crippen LogP contribution >= 0.6 is 0 Å². The van der Waals surface area contributed by atoms with E-state index in [9.17, 15) is 8.42 Å². The number of hydrogen-bond donors (Lipinski definition) is 1. The van der Waals surface area contributed by atoms with Gasteiger partial charge in [-0.2, -0.15) is 0 Å². The molecule has 0 fully saturated rings. The smallest absolute Gasteiger partial charge is 0.273 e. The molecule has 3 rings (SSSR count). The Kier molecular flexibility index (Phi) is 3.42. The minimum atomic E-state index is -3.89. The molecule has 0 aliphatic carbocycles. The summed E-state index contributed by atoms with van der Waals surface area (Å²) in [6.45, 7) is 2.87. The highest BCUT2D eigenvalue weighted by molar-refractivity contribution is 7.89. The zero-order valence-corrected chi connectivity index (χ0v) is 12.4. The van der Waals surface area contributed by atoms with Gasteiger partial charge in [-0.3, -0.25) is 0 Å². The van der Waals surface area contributed by atoms with Crippen LogP contribution in [0.25, 0.3) is 0 Å². The summed E-state index contributed by atoms with van der Waals surface area (Å²) in [5, 5.41) is 12.8. The van der Waals surface area contributed by atoms with Crippen molar-refractivity contribution < 1.29 is 13.2 Å². The average molecular weight is 308 g/mol. The van der Waals surface area contributed by atoms with Crippen LogP contribution in [0.1, 0.15) is 30.7 Å². The summed E-state index contributed by atoms with van der Waals surface area (Å²) in [6.07, 6.45) is 0.753. The van der Waals surface area contributed by atoms with E-state index in [1.807, 2.05) is 31.2 Å². The van der Waals surface area contributed by atoms with Crippen molar-refractivity contribution in [3.05, 3.63) is 35.7 Å². The van der Waals surface area contributed by atoms with E-state index in [4.69, 9.17) is 9.88 Å². The number of nitrogens with two attached hydrogens (primary N) is 1. The normalized spacial score (nSPS) is 17.5. The van der Waals surface area contributed by atoms with Gasteiger partial charge in [0.15, 0.2) is 0 Å². The maximum absolute atomic E-state index is 11.6. The molecule has 0 bridgehead atoms. The monoisotopic (exact) mass is 308 g/mol. The standard InChI is InChI=1S/C13H16N4O3S/c1-2-7-17-12(15-16-13(17)21(14,18)19)10-8-20-11-6-4-3-5-9(10)11/h3-6,10H,2,7-8H2,1H3,(H2,14,18,19). The average Bonchev–Trinajstić information content (AvgIpc) is 3.02. The lowest BCUT2D eigenvalue weighted by molar-refractivity contribution is 0.336. The molecule has 2 heterocycles. The first-order valence-corrected chi connectivity index (χ1v) is 8.24. The molecule has 2 aromatic rings. The second-order valence-electron chi connectivity index (χ2n) is 4.94. The Morgan fingerprint density at radius 2 is 2.14 bits per heavy atom. The number of primary sulfonamides is 1. The first-order chi connectivity index (χ1) is 10.0. The first-order valence-electron chi connectivity index (χ1n) is 6.70. The van der Waals surface area contributed by atoms with Crippen molar-refractivity contribution in [1.82, 2.24) is 14.8 Å². The minimum absolute atomic E-state index is 0.129. The van der Waals surface area contributed by atoms with Crippen molar-refractivity contribution in [3.63, 3.8) is 0 Å². The van der Waals surface area contributed by atoms with Crippen LogP contribution in [-0.2, 0) is 16.6 Å². The maximum Gasteiger partial charge on any atom is 0.273 e. The lowest BCUT2D eigenvalue weighted by atomic mass is 10.0. The molecule has 1 atom stereocenters. The number of benzene rings is 1. The van der Waals surface area contributed by atoms with Gasteiger partial charge in [-0.15, -0.1) is 10.2 Å². The molecule has 0 saturated carbocycles. The lowest BCUT2D eigenvalue weighted by Gasteiger charge is -2.12. The van der Waals surface area contributed by atoms with Gasteiger partial charge < -0.3 is 9.30 Å². The van der Waals surface area contributed by atoms with Crippen LogP contribution in [0.4, 0.5) is 0 Å². The Morgan fingerprint density at radius 3 is 2.86 bits per heavy atom. The van der Waals surface area contributed by atoms with E-state index in [0.717, 1.165) is 17.7 Å². The van der Waals surface area contributed by atoms with E-state index in [2.05, 4.69) is 10.2 Å². The zero-order valence-electron chi connectivity index (χ0n) is 11.6. The minimum Gasteiger partial charge on any atom is -0.492 e. The van der Waals surface area contributed by atoms with Crippen molar-refractivity contribution in [3.8, 4) is 5.75 Å². The summed E-state index contributed by atoms with van der Waals surface area (Å²) < 4.78 is 30.5. The molecule has 7 nitrogen and oxygen atoms in total. The molecule has 0 radical (unpaired) electrons. The van der Waals surface area contributed by atoms with Gasteiger partial charge in [-0.25, -0.2) is 13.6 Å². The van der Waals surface area contributed by atoms with E-state index in [0.29, 0.717) is 19.0 Å². The van der Waals surface area contributed by atoms with Crippen molar-refractivity contribution in [2.75, 3.05) is 6.61 Å². The number of fused-ring (bicyclic) bond motifs is 1. The Morgan fingerprint density at radius 1 is 1.38 bits per heavy atom. The van der Waals surface area contributed by atoms with Crippen LogP contribution < -0.4 is 9.88 Å². The fourth-order valence-electron chi connectivity index (χ4n) is 2.58. The number of para-hydroxylation sites is 1. The van der Waals surface area contributed by atoms with Crippen LogP contribution in [0, 0.1) is 0 Å². The molecule has 1 aliphatic heterocycles. The Hall–Kier alpha value is -1.93. The first kappa shape index (κ1) is 14.0. The molecule has 1 aliphatic rings. The van der Waals surface area contributed by atoms with Crippen LogP contribution in [0.3, 0.4) is 0 Å². The van der Waals surface area contributed by atoms with E-state index in [-0.39, 0.29) is 11.1 Å². The lowest BCUT2D eigenvalue weighted by Crippen LogP contribution is -2.20. The summed E-state index contributed by atoms with van der Waals surface area (Å²) in [5.41, 5.74) is 0.989. The number of ether oxygens (including phenoxy) is 1. The van der Waals surface area contributed by atoms with Gasteiger partial charge in [0.25, 0.3) is 15.2 Å². The summed E-state index contributed by atoms with van der Waals surface area (Å²) in [7, 11) is -3.89. The number of sulfonamides is 1. The van der Waals surface area contributed by atoms with Crippen LogP contribution in [-0.4, -0.2) is 29.8 Å². The van der Waals surface area contributed by atoms with E-state index >= 15 is 0 Å². The van der Waals surface area contributed by atoms with Gasteiger partial charge in [0.1, 0.15) is 18.2 Å². The number of hydrogen-bond acceptors (Lipinski definition) is 5. The van der Waals surface area contributed by atoms with Crippen molar-refractivity contribution in [2.24, 2.45) is 5.14 Å². The molecule has 1 unspecified atom stereocenters. The Labute approximate surface area is 122 Å². The Balaban J connectivity index is 2.10. The molecule has 0 amide bonds. The van der Waals surface area contributed by atoms with Crippen LogP contribution in [0.2, 0.25) is 0 Å². The van der Waals surface area contributed by atoms with Gasteiger partial charge in [0, 0.05) is 12.1 Å². The third-order valence-corrected chi connectivity index (χ3v) is 4.27. The SMILES string of the molecule is CCCn1c(C2COc3ccccc32)nnc1S(N)(=O)=O. The number of rotatable bonds is 4. The zero-order chi connectivity index (χ0) is 15.0. The topological polar surface area (TPSA) is 100 Å². The van der Waals surface area contributed by atoms with Crippen LogP contribution in [0.5, 0.6) is 5.75 Å². The molecule has 1 aromatic carbocycles. The van der Waals surface area contributed by atoms with Gasteiger partial charge in [0.05, 0.1) is 5.92 Å². The molecule has 0 saturated heterocycles. The second-order valence-corrected chi connectivity index (χ2v) is 6.39. The quantitative estimate of drug-likeness (QED) is 0.903. The molecule has 8 heteroatoms. The summed E-state index contributed by atoms with van der Waals surface area (Å²) >= 11 is 0. The molecule has 1 aromatic heterocycles. The van der Waals surface area contributed by atoms with Crippen molar-refractivity contribution >= 4 is 10.0 Å². The Bertz CT molecular complexity index is 769. The largest absolute Gasteiger partial charge is 0.492 e. The number of aromatic nitrogens is 3. The predicted molar refractivity (Wildman–Crippen MR) is 75.5 cm³/mol. The van der Waals surface area contributed by atoms with E-state index in [1.54, 1.807) is 4.57 Å². The fourth-order valence-corrected chi connectivity index (χ4v) is 3.23. The molecular weight excluding hydrogens is 292 g/mol. The molecule has 0 spiro atoms. The van der Waals surface area contributed by atoms with Crippen LogP contribution in [0.15, 0.2) is 29.4 Å². The molecule has 112 valence electrons. The molecular formula is C13H16N4O3S. The summed E-state index contributed by atoms with van der Waals surface area (Å²) in [4.78, 5) is 0. The third kappa shape index (κ3) is 2.40. The van der Waals surface area contributed by atoms with Gasteiger partial charge in [0.2, 0.25) is 0 Å².